The minimum atomic E-state index is -4.70. The second kappa shape index (κ2) is 10.2. The van der Waals surface area contributed by atoms with Gasteiger partial charge < -0.3 is 4.74 Å². The van der Waals surface area contributed by atoms with Gasteiger partial charge in [0.2, 0.25) is 0 Å². The van der Waals surface area contributed by atoms with E-state index in [-0.39, 0.29) is 49.5 Å². The van der Waals surface area contributed by atoms with Crippen molar-refractivity contribution >= 4 is 10.9 Å². The summed E-state index contributed by atoms with van der Waals surface area (Å²) in [5.41, 5.74) is 1.14. The van der Waals surface area contributed by atoms with Crippen LogP contribution in [0.2, 0.25) is 0 Å². The SMILES string of the molecule is FC(F)(F)c1cc(-c2cc(OCc3ccccc3)c3cnccc3n2)c([C@H]2CC[C@H](C(F)(F)F)CC2)cn1. The number of ether oxygens (including phenoxy) is 1. The fraction of sp³-hybridized carbons (Fsp3) is 0.321. The van der Waals surface area contributed by atoms with Crippen molar-refractivity contribution in [2.75, 3.05) is 0 Å². The third kappa shape index (κ3) is 5.58. The van der Waals surface area contributed by atoms with Gasteiger partial charge in [0.15, 0.2) is 0 Å². The molecule has 0 unspecified atom stereocenters. The molecule has 1 aromatic carbocycles. The lowest BCUT2D eigenvalue weighted by molar-refractivity contribution is -0.182. The van der Waals surface area contributed by atoms with Gasteiger partial charge in [0.05, 0.1) is 22.5 Å². The molecule has 38 heavy (non-hydrogen) atoms. The molecule has 0 aliphatic heterocycles. The highest BCUT2D eigenvalue weighted by atomic mass is 19.4. The van der Waals surface area contributed by atoms with Crippen molar-refractivity contribution in [2.45, 2.75) is 50.6 Å². The quantitative estimate of drug-likeness (QED) is 0.244. The predicted octanol–water partition coefficient (Wildman–Crippen LogP) is 8.13. The number of aromatic nitrogens is 3. The molecule has 10 heteroatoms. The summed E-state index contributed by atoms with van der Waals surface area (Å²) in [6, 6.07) is 13.5. The molecule has 1 saturated carbocycles. The minimum Gasteiger partial charge on any atom is -0.488 e. The lowest BCUT2D eigenvalue weighted by atomic mass is 9.77. The lowest BCUT2D eigenvalue weighted by Crippen LogP contribution is -2.27. The van der Waals surface area contributed by atoms with E-state index in [0.29, 0.717) is 22.2 Å². The van der Waals surface area contributed by atoms with E-state index in [0.717, 1.165) is 17.8 Å². The van der Waals surface area contributed by atoms with Crippen LogP contribution in [0.1, 0.15) is 48.4 Å². The molecule has 1 aliphatic rings. The number of nitrogens with zero attached hydrogens (tertiary/aromatic N) is 3. The van der Waals surface area contributed by atoms with E-state index in [1.807, 2.05) is 30.3 Å². The predicted molar refractivity (Wildman–Crippen MR) is 129 cm³/mol. The van der Waals surface area contributed by atoms with Gasteiger partial charge in [-0.25, -0.2) is 4.98 Å². The van der Waals surface area contributed by atoms with Gasteiger partial charge in [-0.2, -0.15) is 26.3 Å². The maximum Gasteiger partial charge on any atom is 0.433 e. The van der Waals surface area contributed by atoms with E-state index in [1.54, 1.807) is 18.3 Å². The van der Waals surface area contributed by atoms with Crippen LogP contribution in [0, 0.1) is 5.92 Å². The Morgan fingerprint density at radius 1 is 0.868 bits per heavy atom. The molecule has 1 fully saturated rings. The summed E-state index contributed by atoms with van der Waals surface area (Å²) in [4.78, 5) is 12.3. The lowest BCUT2D eigenvalue weighted by Gasteiger charge is -2.31. The number of alkyl halides is 6. The third-order valence-electron chi connectivity index (χ3n) is 6.94. The molecule has 4 nitrogen and oxygen atoms in total. The van der Waals surface area contributed by atoms with Crippen LogP contribution in [0.4, 0.5) is 26.3 Å². The number of rotatable bonds is 5. The molecule has 5 rings (SSSR count). The Morgan fingerprint density at radius 2 is 1.61 bits per heavy atom. The van der Waals surface area contributed by atoms with Crippen LogP contribution in [-0.2, 0) is 12.8 Å². The molecule has 4 aromatic rings. The van der Waals surface area contributed by atoms with Crippen LogP contribution in [0.25, 0.3) is 22.2 Å². The highest BCUT2D eigenvalue weighted by Crippen LogP contribution is 2.46. The summed E-state index contributed by atoms with van der Waals surface area (Å²) in [5, 5.41) is 0.588. The van der Waals surface area contributed by atoms with E-state index in [2.05, 4.69) is 15.0 Å². The smallest absolute Gasteiger partial charge is 0.433 e. The summed E-state index contributed by atoms with van der Waals surface area (Å²) in [6.45, 7) is 0.215. The molecule has 0 saturated heterocycles. The summed E-state index contributed by atoms with van der Waals surface area (Å²) in [7, 11) is 0. The summed E-state index contributed by atoms with van der Waals surface area (Å²) >= 11 is 0. The Labute approximate surface area is 214 Å². The third-order valence-corrected chi connectivity index (χ3v) is 6.94. The van der Waals surface area contributed by atoms with Crippen LogP contribution in [0.5, 0.6) is 5.75 Å². The molecular formula is C28H23F6N3O. The molecular weight excluding hydrogens is 508 g/mol. The van der Waals surface area contributed by atoms with Gasteiger partial charge in [0.1, 0.15) is 18.1 Å². The average Bonchev–Trinajstić information content (AvgIpc) is 2.91. The number of hydrogen-bond donors (Lipinski definition) is 0. The maximum absolute atomic E-state index is 13.6. The van der Waals surface area contributed by atoms with Crippen LogP contribution in [-0.4, -0.2) is 21.1 Å². The normalized spacial score (nSPS) is 18.5. The van der Waals surface area contributed by atoms with E-state index < -0.39 is 24.0 Å². The Kier molecular flexibility index (Phi) is 6.98. The fourth-order valence-electron chi connectivity index (χ4n) is 4.93. The zero-order chi connectivity index (χ0) is 26.9. The van der Waals surface area contributed by atoms with Crippen LogP contribution in [0.15, 0.2) is 67.1 Å². The highest BCUT2D eigenvalue weighted by molar-refractivity contribution is 5.87. The zero-order valence-electron chi connectivity index (χ0n) is 20.1. The second-order valence-corrected chi connectivity index (χ2v) is 9.42. The van der Waals surface area contributed by atoms with Gasteiger partial charge in [0.25, 0.3) is 0 Å². The Bertz CT molecular complexity index is 1410. The van der Waals surface area contributed by atoms with Gasteiger partial charge in [-0.1, -0.05) is 30.3 Å². The number of halogens is 6. The van der Waals surface area contributed by atoms with Crippen molar-refractivity contribution in [2.24, 2.45) is 5.92 Å². The summed E-state index contributed by atoms with van der Waals surface area (Å²) in [5.74, 6) is -1.39. The molecule has 0 radical (unpaired) electrons. The van der Waals surface area contributed by atoms with E-state index in [4.69, 9.17) is 4.74 Å². The number of pyridine rings is 3. The number of hydrogen-bond acceptors (Lipinski definition) is 4. The van der Waals surface area contributed by atoms with Crippen molar-refractivity contribution in [1.82, 2.24) is 15.0 Å². The van der Waals surface area contributed by atoms with Crippen molar-refractivity contribution in [3.05, 3.63) is 83.9 Å². The Balaban J connectivity index is 1.57. The highest BCUT2D eigenvalue weighted by Gasteiger charge is 2.42. The first kappa shape index (κ1) is 25.9. The van der Waals surface area contributed by atoms with Crippen LogP contribution >= 0.6 is 0 Å². The largest absolute Gasteiger partial charge is 0.488 e. The maximum atomic E-state index is 13.6. The fourth-order valence-corrected chi connectivity index (χ4v) is 4.93. The van der Waals surface area contributed by atoms with Gasteiger partial charge in [-0.3, -0.25) is 9.97 Å². The summed E-state index contributed by atoms with van der Waals surface area (Å²) < 4.78 is 86.6. The molecule has 0 atom stereocenters. The average molecular weight is 532 g/mol. The van der Waals surface area contributed by atoms with Gasteiger partial charge in [-0.05, 0) is 54.9 Å². The van der Waals surface area contributed by atoms with E-state index >= 15 is 0 Å². The molecule has 1 aliphatic carbocycles. The van der Waals surface area contributed by atoms with E-state index in [9.17, 15) is 26.3 Å². The summed E-state index contributed by atoms with van der Waals surface area (Å²) in [6.07, 6.45) is -4.54. The van der Waals surface area contributed by atoms with Crippen molar-refractivity contribution in [3.8, 4) is 17.0 Å². The van der Waals surface area contributed by atoms with Gasteiger partial charge >= 0.3 is 12.4 Å². The van der Waals surface area contributed by atoms with E-state index in [1.165, 1.54) is 6.20 Å². The molecule has 0 N–H and O–H groups in total. The van der Waals surface area contributed by atoms with Crippen LogP contribution < -0.4 is 4.74 Å². The number of fused-ring (bicyclic) bond motifs is 1. The first-order valence-electron chi connectivity index (χ1n) is 12.2. The van der Waals surface area contributed by atoms with Gasteiger partial charge in [0, 0.05) is 30.2 Å². The molecule has 0 amide bonds. The molecule has 0 spiro atoms. The second-order valence-electron chi connectivity index (χ2n) is 9.42. The molecule has 3 heterocycles. The Morgan fingerprint density at radius 3 is 2.29 bits per heavy atom. The first-order chi connectivity index (χ1) is 18.1. The van der Waals surface area contributed by atoms with Crippen LogP contribution in [0.3, 0.4) is 0 Å². The standard InChI is InChI=1S/C28H23F6N3O/c29-27(30,31)19-8-6-18(7-9-19)21-15-36-26(28(32,33)34)12-20(21)24-13-25(22-14-35-11-10-23(22)37-24)38-16-17-4-2-1-3-5-17/h1-5,10-15,18-19H,6-9,16H2/t18-,19-. The zero-order valence-corrected chi connectivity index (χ0v) is 20.1. The van der Waals surface area contributed by atoms with Crippen molar-refractivity contribution in [3.63, 3.8) is 0 Å². The molecule has 198 valence electrons. The Hall–Kier alpha value is -3.69. The van der Waals surface area contributed by atoms with Crippen molar-refractivity contribution in [1.29, 1.82) is 0 Å². The topological polar surface area (TPSA) is 47.9 Å². The monoisotopic (exact) mass is 531 g/mol. The molecule has 0 bridgehead atoms. The van der Waals surface area contributed by atoms with Gasteiger partial charge in [-0.15, -0.1) is 0 Å². The minimum absolute atomic E-state index is 0.0864. The number of benzene rings is 1. The first-order valence-corrected chi connectivity index (χ1v) is 12.2. The molecule has 3 aromatic heterocycles. The van der Waals surface area contributed by atoms with Crippen molar-refractivity contribution < 1.29 is 31.1 Å².